The van der Waals surface area contributed by atoms with E-state index in [-0.39, 0.29) is 17.5 Å². The van der Waals surface area contributed by atoms with Crippen LogP contribution in [0.5, 0.6) is 0 Å². The van der Waals surface area contributed by atoms with Crippen molar-refractivity contribution in [3.63, 3.8) is 0 Å². The van der Waals surface area contributed by atoms with Crippen molar-refractivity contribution in [1.29, 1.82) is 0 Å². The Balaban J connectivity index is 1.81. The summed E-state index contributed by atoms with van der Waals surface area (Å²) in [5, 5.41) is 11.8. The first kappa shape index (κ1) is 18.5. The highest BCUT2D eigenvalue weighted by Gasteiger charge is 2.47. The maximum Gasteiger partial charge on any atom is 0.274 e. The molecule has 1 saturated carbocycles. The van der Waals surface area contributed by atoms with Crippen molar-refractivity contribution >= 4 is 17.5 Å². The number of hydrogen-bond acceptors (Lipinski definition) is 4. The molecule has 1 heterocycles. The molecule has 6 nitrogen and oxygen atoms in total. The maximum atomic E-state index is 12.7. The summed E-state index contributed by atoms with van der Waals surface area (Å²) < 4.78 is 0. The number of hydroxylamine groups is 1. The molecule has 0 bridgehead atoms. The molecule has 2 aromatic rings. The molecule has 0 radical (unpaired) electrons. The molecular weight excluding hydrogens is 354 g/mol. The molecule has 1 saturated heterocycles. The predicted molar refractivity (Wildman–Crippen MR) is 106 cm³/mol. The van der Waals surface area contributed by atoms with Crippen molar-refractivity contribution in [2.75, 3.05) is 11.4 Å². The van der Waals surface area contributed by atoms with Crippen molar-refractivity contribution in [2.45, 2.75) is 43.7 Å². The molecule has 28 heavy (non-hydrogen) atoms. The van der Waals surface area contributed by atoms with E-state index < -0.39 is 5.91 Å². The van der Waals surface area contributed by atoms with E-state index in [1.165, 1.54) is 5.56 Å². The highest BCUT2D eigenvalue weighted by Crippen LogP contribution is 2.47. The fraction of sp³-hybridized carbons (Fsp3) is 0.364. The van der Waals surface area contributed by atoms with Gasteiger partial charge in [0.05, 0.1) is 5.54 Å². The number of carbonyl (C=O) groups is 2. The van der Waals surface area contributed by atoms with Gasteiger partial charge in [0.2, 0.25) is 5.91 Å². The first-order valence-electron chi connectivity index (χ1n) is 9.83. The van der Waals surface area contributed by atoms with Gasteiger partial charge in [-0.15, -0.1) is 0 Å². The molecule has 2 aromatic carbocycles. The molecule has 146 valence electrons. The molecule has 0 spiro atoms. The highest BCUT2D eigenvalue weighted by molar-refractivity contribution is 5.94. The maximum absolute atomic E-state index is 12.7. The van der Waals surface area contributed by atoms with Crippen LogP contribution in [0.4, 0.5) is 5.69 Å². The summed E-state index contributed by atoms with van der Waals surface area (Å²) in [6.45, 7) is 0.676. The number of hydrogen-bond donors (Lipinski definition) is 3. The second-order valence-electron chi connectivity index (χ2n) is 7.56. The van der Waals surface area contributed by atoms with E-state index in [4.69, 9.17) is 5.21 Å². The van der Waals surface area contributed by atoms with Gasteiger partial charge in [-0.2, -0.15) is 0 Å². The summed E-state index contributed by atoms with van der Waals surface area (Å²) in [5.41, 5.74) is 3.94. The monoisotopic (exact) mass is 379 g/mol. The van der Waals surface area contributed by atoms with Crippen molar-refractivity contribution in [3.8, 4) is 0 Å². The third kappa shape index (κ3) is 3.14. The minimum absolute atomic E-state index is 0.0550. The van der Waals surface area contributed by atoms with Crippen LogP contribution in [0, 0.1) is 0 Å². The number of rotatable bonds is 5. The molecule has 1 unspecified atom stereocenters. The Labute approximate surface area is 164 Å². The van der Waals surface area contributed by atoms with Gasteiger partial charge in [0, 0.05) is 17.8 Å². The van der Waals surface area contributed by atoms with Crippen LogP contribution in [0.3, 0.4) is 0 Å². The van der Waals surface area contributed by atoms with E-state index in [1.807, 2.05) is 18.2 Å². The molecule has 1 aliphatic heterocycles. The van der Waals surface area contributed by atoms with Gasteiger partial charge in [-0.25, -0.2) is 5.48 Å². The van der Waals surface area contributed by atoms with Gasteiger partial charge < -0.3 is 10.2 Å². The van der Waals surface area contributed by atoms with Crippen molar-refractivity contribution in [2.24, 2.45) is 0 Å². The van der Waals surface area contributed by atoms with Gasteiger partial charge in [0.25, 0.3) is 5.91 Å². The molecule has 2 aliphatic rings. The second kappa shape index (κ2) is 7.64. The molecule has 1 aliphatic carbocycles. The lowest BCUT2D eigenvalue weighted by molar-refractivity contribution is -0.120. The summed E-state index contributed by atoms with van der Waals surface area (Å²) in [6.07, 6.45) is 4.96. The zero-order valence-corrected chi connectivity index (χ0v) is 15.7. The largest absolute Gasteiger partial charge is 0.354 e. The molecule has 2 amide bonds. The Kier molecular flexibility index (Phi) is 5.05. The number of carbonyl (C=O) groups excluding carboxylic acids is 2. The van der Waals surface area contributed by atoms with Crippen molar-refractivity contribution < 1.29 is 14.8 Å². The van der Waals surface area contributed by atoms with Gasteiger partial charge in [-0.3, -0.25) is 14.8 Å². The lowest BCUT2D eigenvalue weighted by atomic mass is 9.84. The molecule has 2 fully saturated rings. The Hall–Kier alpha value is -2.86. The van der Waals surface area contributed by atoms with Gasteiger partial charge in [-0.1, -0.05) is 43.2 Å². The molecule has 4 rings (SSSR count). The van der Waals surface area contributed by atoms with E-state index in [0.29, 0.717) is 12.1 Å². The fourth-order valence-electron chi connectivity index (χ4n) is 4.77. The molecule has 6 heteroatoms. The zero-order valence-electron chi connectivity index (χ0n) is 15.7. The number of benzene rings is 2. The van der Waals surface area contributed by atoms with Gasteiger partial charge in [0.15, 0.2) is 0 Å². The molecule has 1 atom stereocenters. The van der Waals surface area contributed by atoms with Crippen LogP contribution in [-0.4, -0.2) is 29.6 Å². The topological polar surface area (TPSA) is 81.7 Å². The van der Waals surface area contributed by atoms with Crippen LogP contribution >= 0.6 is 0 Å². The van der Waals surface area contributed by atoms with Crippen LogP contribution in [0.2, 0.25) is 0 Å². The Morgan fingerprint density at radius 1 is 1.07 bits per heavy atom. The highest BCUT2D eigenvalue weighted by atomic mass is 16.5. The smallest absolute Gasteiger partial charge is 0.274 e. The lowest BCUT2D eigenvalue weighted by Gasteiger charge is -2.46. The molecule has 0 aromatic heterocycles. The van der Waals surface area contributed by atoms with E-state index in [2.05, 4.69) is 34.5 Å². The van der Waals surface area contributed by atoms with Crippen molar-refractivity contribution in [3.05, 3.63) is 65.7 Å². The summed E-state index contributed by atoms with van der Waals surface area (Å²) in [7, 11) is 0. The SMILES string of the molecule is O=C(NO)c1ccc(N(C2CCNC2=O)C2(c3ccccc3)CCCC2)cc1. The van der Waals surface area contributed by atoms with Gasteiger partial charge in [-0.05, 0) is 49.1 Å². The molecule has 3 N–H and O–H groups in total. The minimum atomic E-state index is -0.546. The average Bonchev–Trinajstić information content (AvgIpc) is 3.40. The standard InChI is InChI=1S/C22H25N3O3/c26-20(24-28)16-8-10-18(11-9-16)25(19-12-15-23-21(19)27)22(13-4-5-14-22)17-6-2-1-3-7-17/h1-3,6-11,19,28H,4-5,12-15H2,(H,23,27)(H,24,26). The molecular formula is C22H25N3O3. The van der Waals surface area contributed by atoms with Crippen molar-refractivity contribution in [1.82, 2.24) is 10.8 Å². The van der Waals surface area contributed by atoms with Crippen LogP contribution in [0.25, 0.3) is 0 Å². The van der Waals surface area contributed by atoms with Crippen LogP contribution < -0.4 is 15.7 Å². The number of amides is 2. The summed E-state index contributed by atoms with van der Waals surface area (Å²) in [4.78, 5) is 26.7. The van der Waals surface area contributed by atoms with Crippen LogP contribution in [-0.2, 0) is 10.3 Å². The first-order valence-corrected chi connectivity index (χ1v) is 9.83. The zero-order chi connectivity index (χ0) is 19.6. The average molecular weight is 379 g/mol. The van der Waals surface area contributed by atoms with E-state index in [0.717, 1.165) is 37.8 Å². The third-order valence-electron chi connectivity index (χ3n) is 6.04. The summed E-state index contributed by atoms with van der Waals surface area (Å²) in [5.74, 6) is -0.491. The summed E-state index contributed by atoms with van der Waals surface area (Å²) >= 11 is 0. The minimum Gasteiger partial charge on any atom is -0.354 e. The third-order valence-corrected chi connectivity index (χ3v) is 6.04. The van der Waals surface area contributed by atoms with Crippen LogP contribution in [0.1, 0.15) is 48.0 Å². The summed E-state index contributed by atoms with van der Waals surface area (Å²) in [6, 6.07) is 17.3. The Bertz CT molecular complexity index is 845. The lowest BCUT2D eigenvalue weighted by Crippen LogP contribution is -2.53. The Morgan fingerprint density at radius 3 is 2.32 bits per heavy atom. The first-order chi connectivity index (χ1) is 13.7. The normalized spacial score (nSPS) is 20.6. The quantitative estimate of drug-likeness (QED) is 0.551. The van der Waals surface area contributed by atoms with E-state index >= 15 is 0 Å². The Morgan fingerprint density at radius 2 is 1.75 bits per heavy atom. The van der Waals surface area contributed by atoms with Crippen LogP contribution in [0.15, 0.2) is 54.6 Å². The predicted octanol–water partition coefficient (Wildman–Crippen LogP) is 2.97. The van der Waals surface area contributed by atoms with Gasteiger partial charge in [0.1, 0.15) is 6.04 Å². The van der Waals surface area contributed by atoms with Gasteiger partial charge >= 0.3 is 0 Å². The second-order valence-corrected chi connectivity index (χ2v) is 7.56. The van der Waals surface area contributed by atoms with E-state index in [9.17, 15) is 9.59 Å². The number of nitrogens with one attached hydrogen (secondary N) is 2. The van der Waals surface area contributed by atoms with E-state index in [1.54, 1.807) is 17.6 Å². The number of anilines is 1. The number of nitrogens with zero attached hydrogens (tertiary/aromatic N) is 1. The fourth-order valence-corrected chi connectivity index (χ4v) is 4.77.